The second-order valence-electron chi connectivity index (χ2n) is 17.4. The van der Waals surface area contributed by atoms with Crippen molar-refractivity contribution in [3.63, 3.8) is 0 Å². The Morgan fingerprint density at radius 1 is 0.523 bits per heavy atom. The number of nitrogens with zero attached hydrogens (tertiary/aromatic N) is 4. The first-order valence-corrected chi connectivity index (χ1v) is 30.7. The van der Waals surface area contributed by atoms with E-state index in [1.54, 1.807) is 0 Å². The minimum absolute atomic E-state index is 0. The summed E-state index contributed by atoms with van der Waals surface area (Å²) < 4.78 is 249. The van der Waals surface area contributed by atoms with Gasteiger partial charge in [-0.3, -0.25) is 24.1 Å². The molecule has 436 valence electrons. The van der Waals surface area contributed by atoms with Crippen molar-refractivity contribution in [3.05, 3.63) is 72.5 Å². The Labute approximate surface area is 705 Å². The van der Waals surface area contributed by atoms with Crippen LogP contribution in [0.2, 0.25) is 0 Å². The van der Waals surface area contributed by atoms with Gasteiger partial charge in [0.15, 0.2) is 16.9 Å². The van der Waals surface area contributed by atoms with Gasteiger partial charge in [-0.1, -0.05) is 18.2 Å². The molecule has 4 amide bonds. The maximum Gasteiger partial charge on any atom is 1.00 e. The van der Waals surface area contributed by atoms with Crippen LogP contribution in [-0.2, 0) is 106 Å². The number of ether oxygens (including phenoxy) is 1. The molecule has 34 nitrogen and oxygen atoms in total. The van der Waals surface area contributed by atoms with Gasteiger partial charge in [-0.25, -0.2) is 60.1 Å². The summed E-state index contributed by atoms with van der Waals surface area (Å²) in [5.74, 6) is -9.13. The first-order valence-electron chi connectivity index (χ1n) is 22.3. The van der Waals surface area contributed by atoms with E-state index in [0.29, 0.717) is 12.1 Å². The molecule has 0 atom stereocenters. The third-order valence-corrected chi connectivity index (χ3v) is 17.3. The van der Waals surface area contributed by atoms with Crippen molar-refractivity contribution in [1.29, 1.82) is 0 Å². The zero-order chi connectivity index (χ0) is 60.6. The number of carbonyl (C=O) groups excluding carboxylic acids is 6. The van der Waals surface area contributed by atoms with E-state index in [2.05, 4.69) is 0 Å². The quantitative estimate of drug-likeness (QED) is 0.0302. The number of hydrogen-bond acceptors (Lipinski definition) is 31. The van der Waals surface area contributed by atoms with E-state index < -0.39 is 217 Å². The van der Waals surface area contributed by atoms with Gasteiger partial charge in [0.2, 0.25) is 11.5 Å². The fourth-order valence-corrected chi connectivity index (χ4v) is 13.0. The SMILES string of the molecule is O=C(CN1/C(=C/C=C/C=C/c2oc3c(S(=O)(=O)[O-])c4c(cc3[n+]2CC(=O)ON2C(=O)CCC2=O)oc2c(S(=O)(=O)[O-])cc(S(=O)(=O)[O-])cc24)Oc2c1cc1oc3c(S(=O)(=O)[O-])cc(S(=O)(=O)[O-])cc3c1c2S(=O)(=O)[O-])ON1C(=O)CCC1=O.[K+].[K+].[K+].[K+].[K+]. The summed E-state index contributed by atoms with van der Waals surface area (Å²) in [6.07, 6.45) is 3.30. The number of imide groups is 2. The molecule has 3 aliphatic heterocycles. The zero-order valence-electron chi connectivity index (χ0n) is 45.1. The van der Waals surface area contributed by atoms with Gasteiger partial charge in [-0.05, 0) is 30.3 Å². The monoisotopic (exact) mass is 1460 g/mol. The number of benzene rings is 4. The molecule has 0 N–H and O–H groups in total. The zero-order valence-corrected chi connectivity index (χ0v) is 65.6. The molecule has 3 aromatic heterocycles. The van der Waals surface area contributed by atoms with Gasteiger partial charge < -0.3 is 55.0 Å². The summed E-state index contributed by atoms with van der Waals surface area (Å²) >= 11 is 0. The maximum absolute atomic E-state index is 13.4. The molecule has 0 radical (unpaired) electrons. The summed E-state index contributed by atoms with van der Waals surface area (Å²) in [7, 11) is -34.8. The Hall–Kier alpha value is -0.368. The Morgan fingerprint density at radius 2 is 0.966 bits per heavy atom. The number of oxazole rings is 1. The molecular formula is C43H23K5N4O30S6. The van der Waals surface area contributed by atoms with Gasteiger partial charge in [0.25, 0.3) is 35.7 Å². The molecule has 0 bridgehead atoms. The van der Waals surface area contributed by atoms with E-state index in [1.165, 1.54) is 0 Å². The predicted octanol–water partition coefficient (Wildman–Crippen LogP) is -15.5. The number of carbonyl (C=O) groups is 6. The number of allylic oxidation sites excluding steroid dienone is 4. The normalized spacial score (nSPS) is 15.5. The van der Waals surface area contributed by atoms with Crippen molar-refractivity contribution in [3.8, 4) is 5.75 Å². The Morgan fingerprint density at radius 3 is 1.41 bits per heavy atom. The molecule has 6 heterocycles. The number of aromatic nitrogens is 1. The Balaban J connectivity index is 0.00000282. The third kappa shape index (κ3) is 15.7. The van der Waals surface area contributed by atoms with Gasteiger partial charge in [0.1, 0.15) is 88.2 Å². The summed E-state index contributed by atoms with van der Waals surface area (Å²) in [5.41, 5.74) is -6.02. The van der Waals surface area contributed by atoms with E-state index in [9.17, 15) is 107 Å². The van der Waals surface area contributed by atoms with Crippen molar-refractivity contribution in [2.75, 3.05) is 11.4 Å². The summed E-state index contributed by atoms with van der Waals surface area (Å²) in [4.78, 5) is 77.9. The number of amides is 4. The smallest absolute Gasteiger partial charge is 0.744 e. The van der Waals surface area contributed by atoms with Gasteiger partial charge in [0.05, 0.1) is 42.8 Å². The van der Waals surface area contributed by atoms with Crippen LogP contribution >= 0.6 is 0 Å². The number of rotatable bonds is 15. The van der Waals surface area contributed by atoms with E-state index in [1.807, 2.05) is 0 Å². The molecular weight excluding hydrogens is 1440 g/mol. The number of fused-ring (bicyclic) bond motifs is 8. The van der Waals surface area contributed by atoms with Crippen molar-refractivity contribution in [2.24, 2.45) is 0 Å². The Bertz CT molecular complexity index is 5030. The molecule has 45 heteroatoms. The summed E-state index contributed by atoms with van der Waals surface area (Å²) in [6, 6.07) is 2.60. The molecule has 0 spiro atoms. The van der Waals surface area contributed by atoms with Crippen molar-refractivity contribution in [2.45, 2.75) is 61.6 Å². The predicted molar refractivity (Wildman–Crippen MR) is 254 cm³/mol. The van der Waals surface area contributed by atoms with Crippen molar-refractivity contribution < 1.29 is 396 Å². The van der Waals surface area contributed by atoms with Crippen LogP contribution in [0.4, 0.5) is 5.69 Å². The molecule has 3 aliphatic rings. The minimum atomic E-state index is -5.97. The standard InChI is InChI=1S/C43H28N4O30S6.5K/c48-28-6-7-29(49)46(28)76-34(52)16-44-22-14-24-36(20-10-18(78(54,55)56)12-26(38(20)72-24)80(60,61)62)42(82(66,67)68)40(22)74-32(44)4-2-1-3-5-33-45(17-35(53)77-47-30(50)8-9-31(47)51)23-15-25-37(43(41(23)75-33)83(69,70)71)21-11-19(79(57,58)59)13-27(39(21)73-25)81(63,64)65;;;;;/h1-5,10-15H,6-9,16-17H2,(H5-,54,55,56,57,58,59,60,61,62,63,64,65,66,67,68,69,70,71);;;;;/q;5*+1/p-5. The van der Waals surface area contributed by atoms with Crippen LogP contribution in [0.5, 0.6) is 5.75 Å². The Kier molecular flexibility index (Phi) is 25.6. The molecule has 0 unspecified atom stereocenters. The molecule has 2 saturated heterocycles. The first kappa shape index (κ1) is 78.3. The largest absolute Gasteiger partial charge is 1.00 e. The molecule has 7 aromatic rings. The number of hydrogen-bond donors (Lipinski definition) is 0. The van der Waals surface area contributed by atoms with Crippen molar-refractivity contribution in [1.82, 2.24) is 10.1 Å². The average molecular weight is 1460 g/mol. The molecule has 0 saturated carbocycles. The van der Waals surface area contributed by atoms with Gasteiger partial charge in [0, 0.05) is 47.9 Å². The minimum Gasteiger partial charge on any atom is -0.744 e. The summed E-state index contributed by atoms with van der Waals surface area (Å²) in [5, 5.41) is -3.50. The van der Waals surface area contributed by atoms with Crippen LogP contribution in [0.25, 0.3) is 61.1 Å². The number of furan rings is 2. The maximum atomic E-state index is 13.4. The van der Waals surface area contributed by atoms with E-state index >= 15 is 0 Å². The second kappa shape index (κ2) is 28.8. The van der Waals surface area contributed by atoms with Gasteiger partial charge in [-0.2, -0.15) is 0 Å². The van der Waals surface area contributed by atoms with Gasteiger partial charge in [-0.15, -0.1) is 14.7 Å². The first-order chi connectivity index (χ1) is 38.4. The second-order valence-corrected chi connectivity index (χ2v) is 25.5. The van der Waals surface area contributed by atoms with Crippen LogP contribution in [0.1, 0.15) is 31.6 Å². The van der Waals surface area contributed by atoms with Crippen molar-refractivity contribution >= 4 is 163 Å². The van der Waals surface area contributed by atoms with Crippen LogP contribution in [-0.4, -0.2) is 130 Å². The topological polar surface area (TPSA) is 526 Å². The average Bonchev–Trinajstić information content (AvgIpc) is 1.74. The van der Waals surface area contributed by atoms with Crippen LogP contribution in [0.3, 0.4) is 0 Å². The van der Waals surface area contributed by atoms with Crippen LogP contribution in [0, 0.1) is 0 Å². The van der Waals surface area contributed by atoms with E-state index in [0.717, 1.165) is 52.0 Å². The van der Waals surface area contributed by atoms with E-state index in [4.69, 9.17) is 27.7 Å². The third-order valence-electron chi connectivity index (χ3n) is 12.2. The van der Waals surface area contributed by atoms with Gasteiger partial charge >= 0.3 is 275 Å². The van der Waals surface area contributed by atoms with Crippen LogP contribution in [0.15, 0.2) is 109 Å². The molecule has 10 rings (SSSR count). The fourth-order valence-electron chi connectivity index (χ4n) is 8.88. The summed E-state index contributed by atoms with van der Waals surface area (Å²) in [6.45, 7) is -2.34. The van der Waals surface area contributed by atoms with E-state index in [-0.39, 0.29) is 305 Å². The molecule has 88 heavy (non-hydrogen) atoms. The molecule has 2 fully saturated rings. The molecule has 4 aromatic carbocycles. The molecule has 0 aliphatic carbocycles. The number of anilines is 1. The van der Waals surface area contributed by atoms with Crippen LogP contribution < -0.4 is 271 Å². The number of hydroxylamine groups is 4. The fraction of sp³-hybridized carbons (Fsp3) is 0.140.